The van der Waals surface area contributed by atoms with E-state index in [-0.39, 0.29) is 5.91 Å². The molecule has 0 bridgehead atoms. The predicted molar refractivity (Wildman–Crippen MR) is 109 cm³/mol. The Morgan fingerprint density at radius 2 is 1.89 bits per heavy atom. The van der Waals surface area contributed by atoms with E-state index in [9.17, 15) is 4.79 Å². The first-order chi connectivity index (χ1) is 13.2. The number of aromatic nitrogens is 1. The standard InChI is InChI=1S/C21H22N2O3S/c1-3-25-12-13-26-20-7-5-4-6-18(20)21(24)23-17-10-8-16(9-11-17)19-14-27-15(2)22-19/h4-11,14H,3,12-13H2,1-2H3,(H,23,24). The van der Waals surface area contributed by atoms with Crippen LogP contribution in [0.4, 0.5) is 5.69 Å². The van der Waals surface area contributed by atoms with Crippen molar-refractivity contribution in [3.05, 3.63) is 64.5 Å². The van der Waals surface area contributed by atoms with Crippen molar-refractivity contribution >= 4 is 22.9 Å². The van der Waals surface area contributed by atoms with Crippen LogP contribution in [0.15, 0.2) is 53.9 Å². The summed E-state index contributed by atoms with van der Waals surface area (Å²) in [7, 11) is 0. The largest absolute Gasteiger partial charge is 0.490 e. The van der Waals surface area contributed by atoms with Crippen molar-refractivity contribution in [3.8, 4) is 17.0 Å². The molecular weight excluding hydrogens is 360 g/mol. The second-order valence-corrected chi connectivity index (χ2v) is 6.89. The van der Waals surface area contributed by atoms with Gasteiger partial charge in [-0.3, -0.25) is 4.79 Å². The number of hydrogen-bond acceptors (Lipinski definition) is 5. The molecule has 1 heterocycles. The van der Waals surface area contributed by atoms with Crippen LogP contribution in [0.3, 0.4) is 0 Å². The molecule has 5 nitrogen and oxygen atoms in total. The van der Waals surface area contributed by atoms with Crippen LogP contribution in [-0.4, -0.2) is 30.7 Å². The maximum Gasteiger partial charge on any atom is 0.259 e. The molecule has 0 saturated carbocycles. The van der Waals surface area contributed by atoms with Gasteiger partial charge in [0, 0.05) is 23.2 Å². The normalized spacial score (nSPS) is 10.6. The van der Waals surface area contributed by atoms with E-state index in [0.717, 1.165) is 22.0 Å². The number of rotatable bonds is 8. The molecule has 0 fully saturated rings. The van der Waals surface area contributed by atoms with Gasteiger partial charge in [0.2, 0.25) is 0 Å². The molecule has 0 aliphatic heterocycles. The number of benzene rings is 2. The van der Waals surface area contributed by atoms with E-state index in [1.165, 1.54) is 0 Å². The molecule has 6 heteroatoms. The van der Waals surface area contributed by atoms with Crippen LogP contribution in [-0.2, 0) is 4.74 Å². The number of para-hydroxylation sites is 1. The number of ether oxygens (including phenoxy) is 2. The molecule has 2 aromatic carbocycles. The van der Waals surface area contributed by atoms with E-state index in [1.807, 2.05) is 55.6 Å². The van der Waals surface area contributed by atoms with Gasteiger partial charge in [-0.1, -0.05) is 24.3 Å². The predicted octanol–water partition coefficient (Wildman–Crippen LogP) is 4.79. The number of anilines is 1. The van der Waals surface area contributed by atoms with Crippen molar-refractivity contribution in [1.29, 1.82) is 0 Å². The van der Waals surface area contributed by atoms with Gasteiger partial charge in [0.05, 0.1) is 22.9 Å². The summed E-state index contributed by atoms with van der Waals surface area (Å²) in [5, 5.41) is 5.97. The van der Waals surface area contributed by atoms with Crippen LogP contribution in [0.25, 0.3) is 11.3 Å². The molecule has 1 N–H and O–H groups in total. The van der Waals surface area contributed by atoms with Crippen molar-refractivity contribution in [2.75, 3.05) is 25.1 Å². The highest BCUT2D eigenvalue weighted by molar-refractivity contribution is 7.09. The Morgan fingerprint density at radius 3 is 2.59 bits per heavy atom. The van der Waals surface area contributed by atoms with Crippen LogP contribution >= 0.6 is 11.3 Å². The summed E-state index contributed by atoms with van der Waals surface area (Å²) in [5.41, 5.74) is 3.19. The van der Waals surface area contributed by atoms with Crippen LogP contribution < -0.4 is 10.1 Å². The van der Waals surface area contributed by atoms with Crippen LogP contribution in [0.5, 0.6) is 5.75 Å². The highest BCUT2D eigenvalue weighted by Crippen LogP contribution is 2.24. The lowest BCUT2D eigenvalue weighted by Crippen LogP contribution is -2.15. The maximum atomic E-state index is 12.6. The number of aryl methyl sites for hydroxylation is 1. The van der Waals surface area contributed by atoms with Crippen molar-refractivity contribution in [2.24, 2.45) is 0 Å². The van der Waals surface area contributed by atoms with Gasteiger partial charge in [-0.2, -0.15) is 0 Å². The molecule has 0 atom stereocenters. The Balaban J connectivity index is 1.66. The minimum atomic E-state index is -0.209. The summed E-state index contributed by atoms with van der Waals surface area (Å²) >= 11 is 1.62. The average molecular weight is 382 g/mol. The first-order valence-electron chi connectivity index (χ1n) is 8.81. The third-order valence-corrected chi connectivity index (χ3v) is 4.65. The van der Waals surface area contributed by atoms with Crippen molar-refractivity contribution in [2.45, 2.75) is 13.8 Å². The summed E-state index contributed by atoms with van der Waals surface area (Å²) in [5.74, 6) is 0.337. The first-order valence-corrected chi connectivity index (χ1v) is 9.69. The van der Waals surface area contributed by atoms with Crippen molar-refractivity contribution in [3.63, 3.8) is 0 Å². The van der Waals surface area contributed by atoms with Gasteiger partial charge in [0.1, 0.15) is 12.4 Å². The third kappa shape index (κ3) is 5.15. The third-order valence-electron chi connectivity index (χ3n) is 3.88. The minimum Gasteiger partial charge on any atom is -0.490 e. The molecule has 0 unspecified atom stereocenters. The quantitative estimate of drug-likeness (QED) is 0.569. The molecular formula is C21H22N2O3S. The Morgan fingerprint density at radius 1 is 1.11 bits per heavy atom. The number of nitrogens with one attached hydrogen (secondary N) is 1. The Bertz CT molecular complexity index is 890. The number of amides is 1. The number of carbonyl (C=O) groups excluding carboxylic acids is 1. The number of nitrogens with zero attached hydrogens (tertiary/aromatic N) is 1. The average Bonchev–Trinajstić information content (AvgIpc) is 3.12. The zero-order chi connectivity index (χ0) is 19.1. The number of carbonyl (C=O) groups is 1. The topological polar surface area (TPSA) is 60.5 Å². The molecule has 0 spiro atoms. The molecule has 0 saturated heterocycles. The van der Waals surface area contributed by atoms with Crippen molar-refractivity contribution < 1.29 is 14.3 Å². The molecule has 27 heavy (non-hydrogen) atoms. The monoisotopic (exact) mass is 382 g/mol. The lowest BCUT2D eigenvalue weighted by Gasteiger charge is -2.12. The van der Waals surface area contributed by atoms with Gasteiger partial charge in [-0.05, 0) is 38.1 Å². The Hall–Kier alpha value is -2.70. The number of thiazole rings is 1. The van der Waals surface area contributed by atoms with Crippen LogP contribution in [0.2, 0.25) is 0 Å². The molecule has 3 rings (SSSR count). The van der Waals surface area contributed by atoms with Gasteiger partial charge < -0.3 is 14.8 Å². The highest BCUT2D eigenvalue weighted by Gasteiger charge is 2.12. The molecule has 0 aliphatic rings. The van der Waals surface area contributed by atoms with Gasteiger partial charge in [0.15, 0.2) is 0 Å². The van der Waals surface area contributed by atoms with Gasteiger partial charge in [0.25, 0.3) is 5.91 Å². The molecule has 1 amide bonds. The van der Waals surface area contributed by atoms with Gasteiger partial charge in [-0.25, -0.2) is 4.98 Å². The van der Waals surface area contributed by atoms with Gasteiger partial charge in [-0.15, -0.1) is 11.3 Å². The smallest absolute Gasteiger partial charge is 0.259 e. The van der Waals surface area contributed by atoms with E-state index in [0.29, 0.717) is 31.1 Å². The number of hydrogen-bond donors (Lipinski definition) is 1. The maximum absolute atomic E-state index is 12.6. The molecule has 140 valence electrons. The van der Waals surface area contributed by atoms with E-state index >= 15 is 0 Å². The fourth-order valence-electron chi connectivity index (χ4n) is 2.55. The summed E-state index contributed by atoms with van der Waals surface area (Å²) in [6, 6.07) is 14.9. The van der Waals surface area contributed by atoms with E-state index in [1.54, 1.807) is 23.5 Å². The lowest BCUT2D eigenvalue weighted by atomic mass is 10.1. The Labute approximate surface area is 163 Å². The SMILES string of the molecule is CCOCCOc1ccccc1C(=O)Nc1ccc(-c2csc(C)n2)cc1. The molecule has 1 aromatic heterocycles. The minimum absolute atomic E-state index is 0.209. The molecule has 0 aliphatic carbocycles. The zero-order valence-corrected chi connectivity index (χ0v) is 16.2. The zero-order valence-electron chi connectivity index (χ0n) is 15.4. The van der Waals surface area contributed by atoms with Crippen LogP contribution in [0, 0.1) is 6.92 Å². The molecule has 0 radical (unpaired) electrons. The summed E-state index contributed by atoms with van der Waals surface area (Å²) < 4.78 is 11.0. The highest BCUT2D eigenvalue weighted by atomic mass is 32.1. The van der Waals surface area contributed by atoms with Gasteiger partial charge >= 0.3 is 0 Å². The fraction of sp³-hybridized carbons (Fsp3) is 0.238. The summed E-state index contributed by atoms with van der Waals surface area (Å²) in [6.07, 6.45) is 0. The Kier molecular flexibility index (Phi) is 6.57. The molecule has 3 aromatic rings. The van der Waals surface area contributed by atoms with E-state index in [2.05, 4.69) is 10.3 Å². The van der Waals surface area contributed by atoms with E-state index in [4.69, 9.17) is 9.47 Å². The first kappa shape index (κ1) is 19.1. The van der Waals surface area contributed by atoms with Crippen LogP contribution in [0.1, 0.15) is 22.3 Å². The fourth-order valence-corrected chi connectivity index (χ4v) is 3.18. The van der Waals surface area contributed by atoms with Crippen molar-refractivity contribution in [1.82, 2.24) is 4.98 Å². The summed E-state index contributed by atoms with van der Waals surface area (Å²) in [6.45, 7) is 5.45. The second-order valence-electron chi connectivity index (χ2n) is 5.82. The lowest BCUT2D eigenvalue weighted by molar-refractivity contribution is 0.0998. The van der Waals surface area contributed by atoms with E-state index < -0.39 is 0 Å². The summed E-state index contributed by atoms with van der Waals surface area (Å²) in [4.78, 5) is 17.1. The second kappa shape index (κ2) is 9.30.